The molecule has 0 aliphatic heterocycles. The first kappa shape index (κ1) is 24.7. The number of amides is 1. The van der Waals surface area contributed by atoms with Crippen LogP contribution in [0.4, 0.5) is 5.69 Å². The largest absolute Gasteiger partial charge is 0.449 e. The van der Waals surface area contributed by atoms with E-state index in [1.807, 2.05) is 98.8 Å². The van der Waals surface area contributed by atoms with E-state index in [0.717, 1.165) is 48.2 Å². The van der Waals surface area contributed by atoms with Crippen molar-refractivity contribution >= 4 is 60.8 Å². The summed E-state index contributed by atoms with van der Waals surface area (Å²) in [6.07, 6.45) is -0.635. The fourth-order valence-electron chi connectivity index (χ4n) is 4.82. The second-order valence-electron chi connectivity index (χ2n) is 9.32. The molecule has 7 heteroatoms. The number of anilines is 1. The summed E-state index contributed by atoms with van der Waals surface area (Å²) in [6, 6.07) is 28.8. The van der Waals surface area contributed by atoms with E-state index in [1.165, 1.54) is 0 Å². The SMILES string of the molecule is CCC(OC(=O)c1cccc2cccc(-c3nc4ccccc4s3)c12)C(=O)Nc1cc(C)nc2ccccc12. The summed E-state index contributed by atoms with van der Waals surface area (Å²) in [5, 5.41) is 6.27. The van der Waals surface area contributed by atoms with Crippen LogP contribution in [0, 0.1) is 6.92 Å². The van der Waals surface area contributed by atoms with Crippen molar-refractivity contribution in [2.45, 2.75) is 26.4 Å². The van der Waals surface area contributed by atoms with Crippen molar-refractivity contribution in [1.29, 1.82) is 0 Å². The molecule has 2 aromatic heterocycles. The first-order valence-corrected chi connectivity index (χ1v) is 13.6. The Morgan fingerprint density at radius 3 is 2.44 bits per heavy atom. The minimum absolute atomic E-state index is 0.328. The van der Waals surface area contributed by atoms with E-state index < -0.39 is 12.1 Å². The lowest BCUT2D eigenvalue weighted by Crippen LogP contribution is -2.32. The van der Waals surface area contributed by atoms with Gasteiger partial charge in [0.15, 0.2) is 6.10 Å². The van der Waals surface area contributed by atoms with Crippen LogP contribution in [0.2, 0.25) is 0 Å². The molecule has 39 heavy (non-hydrogen) atoms. The lowest BCUT2D eigenvalue weighted by atomic mass is 9.99. The highest BCUT2D eigenvalue weighted by Gasteiger charge is 2.25. The Hall–Kier alpha value is -4.62. The number of aryl methyl sites for hydroxylation is 1. The van der Waals surface area contributed by atoms with Gasteiger partial charge < -0.3 is 10.1 Å². The van der Waals surface area contributed by atoms with Gasteiger partial charge in [-0.2, -0.15) is 0 Å². The molecule has 0 aliphatic rings. The van der Waals surface area contributed by atoms with Gasteiger partial charge in [0.25, 0.3) is 5.91 Å². The molecule has 192 valence electrons. The summed E-state index contributed by atoms with van der Waals surface area (Å²) in [6.45, 7) is 3.70. The Morgan fingerprint density at radius 1 is 0.897 bits per heavy atom. The van der Waals surface area contributed by atoms with Crippen molar-refractivity contribution in [3.8, 4) is 10.6 Å². The number of benzene rings is 4. The van der Waals surface area contributed by atoms with Crippen LogP contribution in [-0.2, 0) is 9.53 Å². The molecule has 0 bridgehead atoms. The summed E-state index contributed by atoms with van der Waals surface area (Å²) in [7, 11) is 0. The highest BCUT2D eigenvalue weighted by atomic mass is 32.1. The number of ether oxygens (including phenoxy) is 1. The van der Waals surface area contributed by atoms with E-state index >= 15 is 0 Å². The highest BCUT2D eigenvalue weighted by molar-refractivity contribution is 7.21. The van der Waals surface area contributed by atoms with Crippen LogP contribution in [-0.4, -0.2) is 27.9 Å². The standard InChI is InChI=1S/C32H25N3O3S/c1-3-27(30(36)34-26-18-19(2)33-24-15-5-4-12-21(24)26)38-32(37)23-14-9-11-20-10-8-13-22(29(20)23)31-35-25-16-6-7-17-28(25)39-31/h4-18,27H,3H2,1-2H3,(H,33,34,36). The Labute approximate surface area is 229 Å². The van der Waals surface area contributed by atoms with Gasteiger partial charge in [-0.05, 0) is 49.1 Å². The number of fused-ring (bicyclic) bond motifs is 3. The Balaban J connectivity index is 1.32. The number of nitrogens with zero attached hydrogens (tertiary/aromatic N) is 2. The normalized spacial score (nSPS) is 12.1. The maximum atomic E-state index is 13.6. The first-order valence-electron chi connectivity index (χ1n) is 12.8. The fourth-order valence-corrected chi connectivity index (χ4v) is 5.81. The van der Waals surface area contributed by atoms with Gasteiger partial charge in [0.2, 0.25) is 0 Å². The quantitative estimate of drug-likeness (QED) is 0.225. The number of esters is 1. The molecule has 6 nitrogen and oxygen atoms in total. The molecular weight excluding hydrogens is 506 g/mol. The number of para-hydroxylation sites is 2. The minimum atomic E-state index is -0.963. The smallest absolute Gasteiger partial charge is 0.339 e. The van der Waals surface area contributed by atoms with Crippen LogP contribution in [0.1, 0.15) is 29.4 Å². The van der Waals surface area contributed by atoms with Crippen LogP contribution in [0.5, 0.6) is 0 Å². The van der Waals surface area contributed by atoms with Gasteiger partial charge in [0.05, 0.1) is 27.0 Å². The molecule has 6 rings (SSSR count). The average molecular weight is 532 g/mol. The molecule has 0 saturated heterocycles. The van der Waals surface area contributed by atoms with Crippen molar-refractivity contribution in [3.05, 3.63) is 102 Å². The Bertz CT molecular complexity index is 1840. The van der Waals surface area contributed by atoms with Crippen LogP contribution in [0.15, 0.2) is 91.0 Å². The Kier molecular flexibility index (Phi) is 6.50. The number of hydrogen-bond acceptors (Lipinski definition) is 6. The van der Waals surface area contributed by atoms with Gasteiger partial charge in [0, 0.05) is 22.0 Å². The molecule has 0 spiro atoms. The summed E-state index contributed by atoms with van der Waals surface area (Å²) in [4.78, 5) is 36.2. The lowest BCUT2D eigenvalue weighted by Gasteiger charge is -2.18. The third-order valence-electron chi connectivity index (χ3n) is 6.66. The minimum Gasteiger partial charge on any atom is -0.449 e. The van der Waals surface area contributed by atoms with E-state index in [1.54, 1.807) is 17.4 Å². The predicted octanol–water partition coefficient (Wildman–Crippen LogP) is 7.55. The number of carbonyl (C=O) groups is 2. The van der Waals surface area contributed by atoms with E-state index in [0.29, 0.717) is 17.7 Å². The summed E-state index contributed by atoms with van der Waals surface area (Å²) < 4.78 is 6.91. The number of hydrogen-bond donors (Lipinski definition) is 1. The van der Waals surface area contributed by atoms with Gasteiger partial charge in [-0.25, -0.2) is 9.78 Å². The van der Waals surface area contributed by atoms with Gasteiger partial charge in [0.1, 0.15) is 5.01 Å². The van der Waals surface area contributed by atoms with Crippen molar-refractivity contribution in [2.75, 3.05) is 5.32 Å². The van der Waals surface area contributed by atoms with Gasteiger partial charge in [-0.15, -0.1) is 11.3 Å². The van der Waals surface area contributed by atoms with E-state index in [-0.39, 0.29) is 5.91 Å². The van der Waals surface area contributed by atoms with E-state index in [9.17, 15) is 9.59 Å². The second-order valence-corrected chi connectivity index (χ2v) is 10.3. The number of rotatable bonds is 6. The molecule has 1 amide bonds. The zero-order chi connectivity index (χ0) is 26.9. The van der Waals surface area contributed by atoms with E-state index in [4.69, 9.17) is 9.72 Å². The third-order valence-corrected chi connectivity index (χ3v) is 7.73. The molecule has 1 unspecified atom stereocenters. The van der Waals surface area contributed by atoms with E-state index in [2.05, 4.69) is 10.3 Å². The predicted molar refractivity (Wildman–Crippen MR) is 157 cm³/mol. The highest BCUT2D eigenvalue weighted by Crippen LogP contribution is 2.36. The van der Waals surface area contributed by atoms with Crippen LogP contribution in [0.25, 0.3) is 42.5 Å². The molecule has 1 atom stereocenters. The third kappa shape index (κ3) is 4.73. The summed E-state index contributed by atoms with van der Waals surface area (Å²) in [5.74, 6) is -0.930. The van der Waals surface area contributed by atoms with Gasteiger partial charge in [-0.1, -0.05) is 67.6 Å². The fraction of sp³-hybridized carbons (Fsp3) is 0.125. The maximum Gasteiger partial charge on any atom is 0.339 e. The molecule has 4 aromatic carbocycles. The van der Waals surface area contributed by atoms with Crippen molar-refractivity contribution in [1.82, 2.24) is 9.97 Å². The van der Waals surface area contributed by atoms with Crippen molar-refractivity contribution in [2.24, 2.45) is 0 Å². The lowest BCUT2D eigenvalue weighted by molar-refractivity contribution is -0.124. The average Bonchev–Trinajstić information content (AvgIpc) is 3.39. The monoisotopic (exact) mass is 531 g/mol. The molecule has 0 radical (unpaired) electrons. The zero-order valence-corrected chi connectivity index (χ0v) is 22.3. The van der Waals surface area contributed by atoms with Crippen molar-refractivity contribution in [3.63, 3.8) is 0 Å². The van der Waals surface area contributed by atoms with Gasteiger partial charge >= 0.3 is 5.97 Å². The molecule has 2 heterocycles. The topological polar surface area (TPSA) is 81.2 Å². The number of nitrogens with one attached hydrogen (secondary N) is 1. The summed E-state index contributed by atoms with van der Waals surface area (Å²) >= 11 is 1.58. The van der Waals surface area contributed by atoms with Gasteiger partial charge in [-0.3, -0.25) is 9.78 Å². The number of thiazole rings is 1. The summed E-state index contributed by atoms with van der Waals surface area (Å²) in [5.41, 5.74) is 4.39. The van der Waals surface area contributed by atoms with Crippen LogP contribution in [0.3, 0.4) is 0 Å². The first-order chi connectivity index (χ1) is 19.0. The number of pyridine rings is 1. The molecule has 0 fully saturated rings. The van der Waals surface area contributed by atoms with Crippen molar-refractivity contribution < 1.29 is 14.3 Å². The molecule has 0 saturated carbocycles. The van der Waals surface area contributed by atoms with Crippen LogP contribution >= 0.6 is 11.3 Å². The number of carbonyl (C=O) groups excluding carboxylic acids is 2. The number of aromatic nitrogens is 2. The molecule has 0 aliphatic carbocycles. The second kappa shape index (κ2) is 10.3. The molecular formula is C32H25N3O3S. The van der Waals surface area contributed by atoms with Crippen LogP contribution < -0.4 is 5.32 Å². The zero-order valence-electron chi connectivity index (χ0n) is 21.5. The molecule has 1 N–H and O–H groups in total. The molecule has 6 aromatic rings. The Morgan fingerprint density at radius 2 is 1.64 bits per heavy atom. The maximum absolute atomic E-state index is 13.6.